The third-order valence-electron chi connectivity index (χ3n) is 3.91. The van der Waals surface area contributed by atoms with Gasteiger partial charge in [-0.2, -0.15) is 0 Å². The second-order valence-corrected chi connectivity index (χ2v) is 6.97. The maximum absolute atomic E-state index is 12.5. The average molecular weight is 368 g/mol. The molecule has 1 fully saturated rings. The molecule has 1 saturated heterocycles. The van der Waals surface area contributed by atoms with Crippen molar-refractivity contribution < 1.29 is 14.3 Å². The van der Waals surface area contributed by atoms with Crippen LogP contribution in [-0.4, -0.2) is 43.3 Å². The minimum absolute atomic E-state index is 0.233. The fraction of sp³-hybridized carbons (Fsp3) is 0.200. The van der Waals surface area contributed by atoms with Crippen molar-refractivity contribution in [3.63, 3.8) is 0 Å². The number of ether oxygens (including phenoxy) is 1. The third-order valence-corrected chi connectivity index (χ3v) is 4.82. The van der Waals surface area contributed by atoms with Gasteiger partial charge < -0.3 is 9.64 Å². The first kappa shape index (κ1) is 18.1. The van der Waals surface area contributed by atoms with Crippen LogP contribution in [0.1, 0.15) is 5.56 Å². The van der Waals surface area contributed by atoms with Gasteiger partial charge in [-0.05, 0) is 47.7 Å². The fourth-order valence-corrected chi connectivity index (χ4v) is 3.35. The zero-order valence-corrected chi connectivity index (χ0v) is 15.5. The number of rotatable bonds is 6. The Hall–Kier alpha value is -2.73. The van der Waals surface area contributed by atoms with Crippen LogP contribution in [0.4, 0.5) is 10.5 Å². The lowest BCUT2D eigenvalue weighted by molar-refractivity contribution is -0.123. The molecule has 3 rings (SSSR count). The number of carbonyl (C=O) groups is 2. The number of hydrogen-bond acceptors (Lipinski definition) is 5. The Balaban J connectivity index is 1.62. The molecule has 1 heterocycles. The number of hydrogen-bond donors (Lipinski definition) is 0. The molecule has 0 unspecified atom stereocenters. The lowest BCUT2D eigenvalue weighted by atomic mass is 10.2. The summed E-state index contributed by atoms with van der Waals surface area (Å²) < 4.78 is 5.57. The number of carbonyl (C=O) groups excluding carboxylic acids is 2. The Kier molecular flexibility index (Phi) is 5.63. The first-order chi connectivity index (χ1) is 12.5. The minimum Gasteiger partial charge on any atom is -0.492 e. The van der Waals surface area contributed by atoms with Crippen molar-refractivity contribution in [3.05, 3.63) is 65.1 Å². The molecule has 1 aliphatic rings. The van der Waals surface area contributed by atoms with Gasteiger partial charge in [-0.15, -0.1) is 0 Å². The molecule has 26 heavy (non-hydrogen) atoms. The van der Waals surface area contributed by atoms with Gasteiger partial charge in [-0.1, -0.05) is 30.3 Å². The molecular formula is C20H20N2O3S. The number of benzene rings is 2. The maximum Gasteiger partial charge on any atom is 0.293 e. The number of anilines is 1. The van der Waals surface area contributed by atoms with Crippen LogP contribution in [0.15, 0.2) is 59.5 Å². The molecule has 5 nitrogen and oxygen atoms in total. The predicted molar refractivity (Wildman–Crippen MR) is 105 cm³/mol. The highest BCUT2D eigenvalue weighted by atomic mass is 32.2. The SMILES string of the molecule is CN(C)c1ccc(C=C2SC(=O)N(CCOc3ccccc3)C2=O)cc1. The van der Waals surface area contributed by atoms with E-state index in [0.29, 0.717) is 4.91 Å². The summed E-state index contributed by atoms with van der Waals surface area (Å²) in [6.07, 6.45) is 1.75. The molecule has 2 aromatic rings. The summed E-state index contributed by atoms with van der Waals surface area (Å²) in [7, 11) is 3.94. The summed E-state index contributed by atoms with van der Waals surface area (Å²) >= 11 is 0.966. The highest BCUT2D eigenvalue weighted by Gasteiger charge is 2.34. The largest absolute Gasteiger partial charge is 0.492 e. The summed E-state index contributed by atoms with van der Waals surface area (Å²) in [5.41, 5.74) is 1.97. The topological polar surface area (TPSA) is 49.9 Å². The Bertz CT molecular complexity index is 817. The van der Waals surface area contributed by atoms with E-state index in [2.05, 4.69) is 0 Å². The van der Waals surface area contributed by atoms with E-state index in [0.717, 1.165) is 28.8 Å². The van der Waals surface area contributed by atoms with Gasteiger partial charge in [0.15, 0.2) is 0 Å². The Morgan fingerprint density at radius 1 is 1.04 bits per heavy atom. The number of amides is 2. The molecule has 0 bridgehead atoms. The van der Waals surface area contributed by atoms with Crippen molar-refractivity contribution in [1.29, 1.82) is 0 Å². The molecule has 134 valence electrons. The van der Waals surface area contributed by atoms with Crippen molar-refractivity contribution in [1.82, 2.24) is 4.90 Å². The van der Waals surface area contributed by atoms with Gasteiger partial charge >= 0.3 is 0 Å². The van der Waals surface area contributed by atoms with E-state index in [1.54, 1.807) is 6.08 Å². The summed E-state index contributed by atoms with van der Waals surface area (Å²) in [6, 6.07) is 17.1. The molecule has 0 spiro atoms. The molecule has 1 aliphatic heterocycles. The number of thioether (sulfide) groups is 1. The first-order valence-corrected chi connectivity index (χ1v) is 9.07. The highest BCUT2D eigenvalue weighted by molar-refractivity contribution is 8.18. The van der Waals surface area contributed by atoms with Gasteiger partial charge in [0.25, 0.3) is 11.1 Å². The summed E-state index contributed by atoms with van der Waals surface area (Å²) in [4.78, 5) is 28.3. The Labute approximate surface area is 157 Å². The lowest BCUT2D eigenvalue weighted by Crippen LogP contribution is -2.32. The monoisotopic (exact) mass is 368 g/mol. The zero-order chi connectivity index (χ0) is 18.5. The smallest absolute Gasteiger partial charge is 0.293 e. The molecule has 0 radical (unpaired) electrons. The van der Waals surface area contributed by atoms with E-state index in [-0.39, 0.29) is 24.3 Å². The zero-order valence-electron chi connectivity index (χ0n) is 14.7. The van der Waals surface area contributed by atoms with Crippen LogP contribution in [0.2, 0.25) is 0 Å². The molecule has 0 aliphatic carbocycles. The van der Waals surface area contributed by atoms with E-state index in [9.17, 15) is 9.59 Å². The van der Waals surface area contributed by atoms with Crippen molar-refractivity contribution in [3.8, 4) is 5.75 Å². The Morgan fingerprint density at radius 2 is 1.73 bits per heavy atom. The first-order valence-electron chi connectivity index (χ1n) is 8.25. The van der Waals surface area contributed by atoms with Gasteiger partial charge in [0.1, 0.15) is 12.4 Å². The van der Waals surface area contributed by atoms with Crippen LogP contribution < -0.4 is 9.64 Å². The van der Waals surface area contributed by atoms with Crippen molar-refractivity contribution in [2.75, 3.05) is 32.1 Å². The molecular weight excluding hydrogens is 348 g/mol. The van der Waals surface area contributed by atoms with Gasteiger partial charge in [-0.3, -0.25) is 14.5 Å². The molecule has 0 atom stereocenters. The van der Waals surface area contributed by atoms with E-state index >= 15 is 0 Å². The van der Waals surface area contributed by atoms with Crippen LogP contribution in [0.25, 0.3) is 6.08 Å². The molecule has 2 aromatic carbocycles. The minimum atomic E-state index is -0.270. The van der Waals surface area contributed by atoms with Crippen molar-refractivity contribution >= 4 is 34.7 Å². The van der Waals surface area contributed by atoms with Crippen LogP contribution in [0.3, 0.4) is 0 Å². The normalized spacial score (nSPS) is 15.6. The summed E-state index contributed by atoms with van der Waals surface area (Å²) in [6.45, 7) is 0.503. The van der Waals surface area contributed by atoms with Gasteiger partial charge in [0.2, 0.25) is 0 Å². The highest BCUT2D eigenvalue weighted by Crippen LogP contribution is 2.32. The van der Waals surface area contributed by atoms with Crippen LogP contribution in [0.5, 0.6) is 5.75 Å². The van der Waals surface area contributed by atoms with Gasteiger partial charge in [0, 0.05) is 19.8 Å². The fourth-order valence-electron chi connectivity index (χ4n) is 2.48. The third kappa shape index (κ3) is 4.26. The number of imide groups is 1. The summed E-state index contributed by atoms with van der Waals surface area (Å²) in [5.74, 6) is 0.448. The standard InChI is InChI=1S/C20H20N2O3S/c1-21(2)16-10-8-15(9-11-16)14-18-19(23)22(20(24)26-18)12-13-25-17-6-4-3-5-7-17/h3-11,14H,12-13H2,1-2H3. The van der Waals surface area contributed by atoms with Crippen LogP contribution in [0, 0.1) is 0 Å². The van der Waals surface area contributed by atoms with Gasteiger partial charge in [-0.25, -0.2) is 0 Å². The van der Waals surface area contributed by atoms with Crippen molar-refractivity contribution in [2.24, 2.45) is 0 Å². The molecule has 2 amide bonds. The van der Waals surface area contributed by atoms with E-state index in [1.807, 2.05) is 73.6 Å². The van der Waals surface area contributed by atoms with E-state index < -0.39 is 0 Å². The van der Waals surface area contributed by atoms with Gasteiger partial charge in [0.05, 0.1) is 11.4 Å². The van der Waals surface area contributed by atoms with E-state index in [1.165, 1.54) is 4.90 Å². The summed E-state index contributed by atoms with van der Waals surface area (Å²) in [5, 5.41) is -0.261. The molecule has 0 N–H and O–H groups in total. The van der Waals surface area contributed by atoms with Crippen LogP contribution >= 0.6 is 11.8 Å². The second kappa shape index (κ2) is 8.10. The Morgan fingerprint density at radius 3 is 2.38 bits per heavy atom. The predicted octanol–water partition coefficient (Wildman–Crippen LogP) is 3.87. The van der Waals surface area contributed by atoms with Crippen LogP contribution in [-0.2, 0) is 4.79 Å². The number of nitrogens with zero attached hydrogens (tertiary/aromatic N) is 2. The molecule has 0 saturated carbocycles. The molecule has 0 aromatic heterocycles. The quantitative estimate of drug-likeness (QED) is 0.725. The molecule has 6 heteroatoms. The van der Waals surface area contributed by atoms with E-state index in [4.69, 9.17) is 4.74 Å². The van der Waals surface area contributed by atoms with Crippen molar-refractivity contribution in [2.45, 2.75) is 0 Å². The average Bonchev–Trinajstić information content (AvgIpc) is 2.90. The number of para-hydroxylation sites is 1. The maximum atomic E-state index is 12.5. The lowest BCUT2D eigenvalue weighted by Gasteiger charge is -2.13. The second-order valence-electron chi connectivity index (χ2n) is 5.98.